The summed E-state index contributed by atoms with van der Waals surface area (Å²) in [6.07, 6.45) is 1.63. The molecule has 1 aliphatic heterocycles. The Morgan fingerprint density at radius 3 is 2.51 bits per heavy atom. The summed E-state index contributed by atoms with van der Waals surface area (Å²) in [6, 6.07) is 24.0. The van der Waals surface area contributed by atoms with Crippen LogP contribution in [0.3, 0.4) is 0 Å². The summed E-state index contributed by atoms with van der Waals surface area (Å²) < 4.78 is 17.3. The van der Waals surface area contributed by atoms with Gasteiger partial charge in [0.1, 0.15) is 12.4 Å². The molecule has 1 aliphatic rings. The van der Waals surface area contributed by atoms with E-state index >= 15 is 0 Å². The number of rotatable bonds is 9. The minimum Gasteiger partial charge on any atom is -0.491 e. The van der Waals surface area contributed by atoms with Crippen molar-refractivity contribution in [3.8, 4) is 17.2 Å². The van der Waals surface area contributed by atoms with Gasteiger partial charge in [0.05, 0.1) is 23.6 Å². The molecule has 4 aromatic rings. The maximum absolute atomic E-state index is 13.1. The summed E-state index contributed by atoms with van der Waals surface area (Å²) in [4.78, 5) is 40.2. The number of ether oxygens (including phenoxy) is 3. The molecular formula is C33H29NO6S. The molecule has 0 aliphatic carbocycles. The second kappa shape index (κ2) is 12.3. The van der Waals surface area contributed by atoms with E-state index in [4.69, 9.17) is 14.2 Å². The number of fused-ring (bicyclic) bond motifs is 1. The normalized spacial score (nSPS) is 14.1. The van der Waals surface area contributed by atoms with E-state index in [2.05, 4.69) is 0 Å². The fraction of sp³-hybridized carbons (Fsp3) is 0.182. The van der Waals surface area contributed by atoms with E-state index < -0.39 is 5.97 Å². The van der Waals surface area contributed by atoms with Gasteiger partial charge in [0.25, 0.3) is 11.1 Å². The Morgan fingerprint density at radius 1 is 0.878 bits per heavy atom. The number of esters is 1. The predicted octanol–water partition coefficient (Wildman–Crippen LogP) is 7.19. The molecule has 1 saturated heterocycles. The Bertz CT molecular complexity index is 1670. The fourth-order valence-corrected chi connectivity index (χ4v) is 5.34. The zero-order chi connectivity index (χ0) is 28.9. The Balaban J connectivity index is 1.30. The van der Waals surface area contributed by atoms with Gasteiger partial charge >= 0.3 is 5.97 Å². The van der Waals surface area contributed by atoms with Crippen LogP contribution in [0.5, 0.6) is 17.2 Å². The molecule has 208 valence electrons. The molecule has 5 rings (SSSR count). The first-order valence-corrected chi connectivity index (χ1v) is 14.1. The maximum Gasteiger partial charge on any atom is 0.344 e. The zero-order valence-electron chi connectivity index (χ0n) is 23.0. The Kier molecular flexibility index (Phi) is 8.40. The summed E-state index contributed by atoms with van der Waals surface area (Å²) in [5, 5.41) is 1.38. The third-order valence-electron chi connectivity index (χ3n) is 6.57. The van der Waals surface area contributed by atoms with Gasteiger partial charge in [-0.3, -0.25) is 14.5 Å². The van der Waals surface area contributed by atoms with Crippen molar-refractivity contribution in [1.29, 1.82) is 0 Å². The second-order valence-electron chi connectivity index (χ2n) is 9.51. The second-order valence-corrected chi connectivity index (χ2v) is 10.5. The molecule has 0 saturated carbocycles. The molecule has 7 nitrogen and oxygen atoms in total. The quantitative estimate of drug-likeness (QED) is 0.120. The molecule has 2 amide bonds. The molecule has 0 radical (unpaired) electrons. The summed E-state index contributed by atoms with van der Waals surface area (Å²) in [7, 11) is 0. The number of imide groups is 1. The highest BCUT2D eigenvalue weighted by atomic mass is 32.2. The largest absolute Gasteiger partial charge is 0.491 e. The van der Waals surface area contributed by atoms with Crippen LogP contribution in [0.1, 0.15) is 34.0 Å². The molecule has 0 atom stereocenters. The number of nitrogens with zero attached hydrogens (tertiary/aromatic N) is 1. The molecule has 0 unspecified atom stereocenters. The van der Waals surface area contributed by atoms with E-state index in [1.165, 1.54) is 4.90 Å². The van der Waals surface area contributed by atoms with E-state index in [0.29, 0.717) is 28.4 Å². The van der Waals surface area contributed by atoms with Crippen molar-refractivity contribution in [3.63, 3.8) is 0 Å². The number of carbonyl (C=O) groups excluding carboxylic acids is 3. The van der Waals surface area contributed by atoms with Crippen molar-refractivity contribution in [3.05, 3.63) is 106 Å². The van der Waals surface area contributed by atoms with Crippen LogP contribution in [0.15, 0.2) is 83.8 Å². The van der Waals surface area contributed by atoms with Crippen LogP contribution in [-0.2, 0) is 4.79 Å². The van der Waals surface area contributed by atoms with Crippen LogP contribution >= 0.6 is 11.8 Å². The Hall–Kier alpha value is -4.56. The number of benzene rings is 4. The van der Waals surface area contributed by atoms with E-state index in [1.807, 2.05) is 75.4 Å². The highest BCUT2D eigenvalue weighted by Crippen LogP contribution is 2.35. The van der Waals surface area contributed by atoms with Gasteiger partial charge in [0, 0.05) is 0 Å². The summed E-state index contributed by atoms with van der Waals surface area (Å²) in [5.74, 6) is 0.473. The van der Waals surface area contributed by atoms with Gasteiger partial charge < -0.3 is 14.2 Å². The minimum absolute atomic E-state index is 0.142. The first-order valence-electron chi connectivity index (χ1n) is 13.3. The number of thioether (sulfide) groups is 1. The van der Waals surface area contributed by atoms with Gasteiger partial charge in [0.2, 0.25) is 0 Å². The molecule has 0 spiro atoms. The Labute approximate surface area is 242 Å². The predicted molar refractivity (Wildman–Crippen MR) is 161 cm³/mol. The maximum atomic E-state index is 13.1. The molecule has 8 heteroatoms. The number of carbonyl (C=O) groups is 3. The summed E-state index contributed by atoms with van der Waals surface area (Å²) in [5.41, 5.74) is 3.14. The average Bonchev–Trinajstić information content (AvgIpc) is 3.23. The molecule has 0 aromatic heterocycles. The Morgan fingerprint density at radius 2 is 1.68 bits per heavy atom. The zero-order valence-corrected chi connectivity index (χ0v) is 23.8. The summed E-state index contributed by atoms with van der Waals surface area (Å²) in [6.45, 7) is 6.44. The van der Waals surface area contributed by atoms with E-state index in [9.17, 15) is 14.4 Å². The lowest BCUT2D eigenvalue weighted by molar-refractivity contribution is -0.123. The van der Waals surface area contributed by atoms with Crippen LogP contribution in [-0.4, -0.2) is 41.8 Å². The highest BCUT2D eigenvalue weighted by molar-refractivity contribution is 8.18. The fourth-order valence-electron chi connectivity index (χ4n) is 4.48. The molecule has 1 heterocycles. The topological polar surface area (TPSA) is 82.1 Å². The van der Waals surface area contributed by atoms with Crippen molar-refractivity contribution >= 4 is 45.7 Å². The standard InChI is InChI=1S/C33H29NO6S/c1-4-38-29-19-23(14-15-27(29)40-32(36)26-11-7-9-24-8-5-6-10-25(24)26)20-30-31(35)34(33(37)41-30)16-17-39-28-18-21(2)12-13-22(28)3/h5-15,18-20H,4,16-17H2,1-3H3/b30-20-. The molecule has 1 fully saturated rings. The molecule has 41 heavy (non-hydrogen) atoms. The number of amides is 2. The van der Waals surface area contributed by atoms with Crippen LogP contribution < -0.4 is 14.2 Å². The summed E-state index contributed by atoms with van der Waals surface area (Å²) >= 11 is 0.878. The van der Waals surface area contributed by atoms with Gasteiger partial charge in [-0.15, -0.1) is 0 Å². The van der Waals surface area contributed by atoms with Gasteiger partial charge in [-0.05, 0) is 90.3 Å². The smallest absolute Gasteiger partial charge is 0.344 e. The van der Waals surface area contributed by atoms with Gasteiger partial charge in [-0.25, -0.2) is 4.79 Å². The van der Waals surface area contributed by atoms with Crippen LogP contribution in [0, 0.1) is 13.8 Å². The van der Waals surface area contributed by atoms with E-state index in [0.717, 1.165) is 39.4 Å². The third-order valence-corrected chi connectivity index (χ3v) is 7.47. The van der Waals surface area contributed by atoms with Crippen molar-refractivity contribution in [1.82, 2.24) is 4.90 Å². The molecule has 0 N–H and O–H groups in total. The van der Waals surface area contributed by atoms with Crippen LogP contribution in [0.2, 0.25) is 0 Å². The van der Waals surface area contributed by atoms with Gasteiger partial charge in [0.15, 0.2) is 11.5 Å². The van der Waals surface area contributed by atoms with E-state index in [-0.39, 0.29) is 30.0 Å². The number of aryl methyl sites for hydroxylation is 2. The number of hydrogen-bond donors (Lipinski definition) is 0. The van der Waals surface area contributed by atoms with Gasteiger partial charge in [-0.2, -0.15) is 0 Å². The minimum atomic E-state index is -0.500. The van der Waals surface area contributed by atoms with Crippen molar-refractivity contribution in [2.45, 2.75) is 20.8 Å². The highest BCUT2D eigenvalue weighted by Gasteiger charge is 2.35. The van der Waals surface area contributed by atoms with Crippen molar-refractivity contribution < 1.29 is 28.6 Å². The first kappa shape index (κ1) is 28.0. The number of hydrogen-bond acceptors (Lipinski definition) is 7. The monoisotopic (exact) mass is 567 g/mol. The average molecular weight is 568 g/mol. The van der Waals surface area contributed by atoms with Crippen LogP contribution in [0.25, 0.3) is 16.8 Å². The lowest BCUT2D eigenvalue weighted by atomic mass is 10.0. The van der Waals surface area contributed by atoms with Gasteiger partial charge in [-0.1, -0.05) is 54.6 Å². The lowest BCUT2D eigenvalue weighted by Crippen LogP contribution is -2.32. The SMILES string of the molecule is CCOc1cc(/C=C2\SC(=O)N(CCOc3cc(C)ccc3C)C2=O)ccc1OC(=O)c1cccc2ccccc12. The van der Waals surface area contributed by atoms with Crippen molar-refractivity contribution in [2.24, 2.45) is 0 Å². The molecule has 0 bridgehead atoms. The third kappa shape index (κ3) is 6.28. The van der Waals surface area contributed by atoms with Crippen LogP contribution in [0.4, 0.5) is 4.79 Å². The van der Waals surface area contributed by atoms with E-state index in [1.54, 1.807) is 30.3 Å². The molecule has 4 aromatic carbocycles. The first-order chi connectivity index (χ1) is 19.8. The molecular weight excluding hydrogens is 538 g/mol. The van der Waals surface area contributed by atoms with Crippen molar-refractivity contribution in [2.75, 3.05) is 19.8 Å². The lowest BCUT2D eigenvalue weighted by Gasteiger charge is -2.14.